The van der Waals surface area contributed by atoms with Gasteiger partial charge in [0, 0.05) is 12.1 Å². The second-order valence-electron chi connectivity index (χ2n) is 7.60. The molecule has 1 saturated carbocycles. The van der Waals surface area contributed by atoms with Crippen molar-refractivity contribution < 1.29 is 27.8 Å². The van der Waals surface area contributed by atoms with Gasteiger partial charge in [0.2, 0.25) is 5.91 Å². The molecule has 1 aliphatic carbocycles. The van der Waals surface area contributed by atoms with E-state index in [1.165, 1.54) is 0 Å². The Bertz CT molecular complexity index is 1040. The lowest BCUT2D eigenvalue weighted by atomic mass is 9.99. The number of halogens is 2. The van der Waals surface area contributed by atoms with Gasteiger partial charge in [0.25, 0.3) is 0 Å². The van der Waals surface area contributed by atoms with Crippen molar-refractivity contribution in [2.24, 2.45) is 11.7 Å². The molecular formula is C19H18F2N4O4. The number of aromatic nitrogens is 2. The number of nitrogens with two attached hydrogens (primary N) is 1. The molecule has 5 rings (SSSR count). The number of alkyl halides is 2. The first-order valence-corrected chi connectivity index (χ1v) is 9.27. The highest BCUT2D eigenvalue weighted by Gasteiger charge is 2.80. The molecule has 1 aromatic carbocycles. The molecule has 152 valence electrons. The summed E-state index contributed by atoms with van der Waals surface area (Å²) in [5.74, 6) is -2.53. The Labute approximate surface area is 164 Å². The zero-order chi connectivity index (χ0) is 20.5. The van der Waals surface area contributed by atoms with Crippen molar-refractivity contribution >= 4 is 17.8 Å². The van der Waals surface area contributed by atoms with Crippen molar-refractivity contribution in [2.75, 3.05) is 11.5 Å². The van der Waals surface area contributed by atoms with Gasteiger partial charge in [0.05, 0.1) is 12.1 Å². The molecule has 8 nitrogen and oxygen atoms in total. The van der Waals surface area contributed by atoms with Gasteiger partial charge in [-0.15, -0.1) is 0 Å². The number of nitrogens with zero attached hydrogens (tertiary/aromatic N) is 3. The molecule has 3 aliphatic rings. The highest BCUT2D eigenvalue weighted by atomic mass is 19.3. The topological polar surface area (TPSA) is 99.7 Å². The molecular weight excluding hydrogens is 386 g/mol. The molecule has 3 heterocycles. The van der Waals surface area contributed by atoms with Gasteiger partial charge >= 0.3 is 12.0 Å². The van der Waals surface area contributed by atoms with Crippen molar-refractivity contribution in [1.29, 1.82) is 0 Å². The van der Waals surface area contributed by atoms with E-state index in [2.05, 4.69) is 4.98 Å². The van der Waals surface area contributed by atoms with Gasteiger partial charge in [0.15, 0.2) is 18.0 Å². The van der Waals surface area contributed by atoms with Crippen LogP contribution >= 0.6 is 0 Å². The average molecular weight is 404 g/mol. The van der Waals surface area contributed by atoms with Crippen LogP contribution < -0.4 is 15.4 Å². The molecule has 0 radical (unpaired) electrons. The molecule has 2 aliphatic heterocycles. The predicted octanol–water partition coefficient (Wildman–Crippen LogP) is 1.95. The number of imidazole rings is 1. The van der Waals surface area contributed by atoms with Gasteiger partial charge in [-0.05, 0) is 24.1 Å². The van der Waals surface area contributed by atoms with E-state index in [-0.39, 0.29) is 17.6 Å². The molecule has 10 heteroatoms. The minimum Gasteiger partial charge on any atom is -0.491 e. The van der Waals surface area contributed by atoms with Crippen molar-refractivity contribution in [1.82, 2.24) is 9.55 Å². The van der Waals surface area contributed by atoms with Crippen molar-refractivity contribution in [3.05, 3.63) is 30.0 Å². The highest BCUT2D eigenvalue weighted by Crippen LogP contribution is 2.54. The van der Waals surface area contributed by atoms with Gasteiger partial charge in [0.1, 0.15) is 18.2 Å². The molecule has 1 saturated heterocycles. The fourth-order valence-corrected chi connectivity index (χ4v) is 3.86. The van der Waals surface area contributed by atoms with E-state index < -0.39 is 24.2 Å². The first kappa shape index (κ1) is 17.9. The molecule has 0 bridgehead atoms. The number of anilines is 1. The fraction of sp³-hybridized carbons (Fsp3) is 0.421. The second kappa shape index (κ2) is 5.91. The number of carbonyl (C=O) groups excluding carboxylic acids is 2. The monoisotopic (exact) mass is 404 g/mol. The van der Waals surface area contributed by atoms with Crippen LogP contribution in [0.15, 0.2) is 24.4 Å². The van der Waals surface area contributed by atoms with Crippen LogP contribution in [0, 0.1) is 5.92 Å². The summed E-state index contributed by atoms with van der Waals surface area (Å²) in [5, 5.41) is 0. The van der Waals surface area contributed by atoms with Crippen LogP contribution in [0.25, 0.3) is 11.4 Å². The van der Waals surface area contributed by atoms with E-state index >= 15 is 0 Å². The number of primary amides is 1. The van der Waals surface area contributed by atoms with E-state index in [1.807, 2.05) is 18.2 Å². The highest BCUT2D eigenvalue weighted by molar-refractivity contribution is 5.92. The van der Waals surface area contributed by atoms with Crippen LogP contribution in [0.5, 0.6) is 5.75 Å². The van der Waals surface area contributed by atoms with Crippen molar-refractivity contribution in [3.63, 3.8) is 0 Å². The minimum atomic E-state index is -3.05. The number of rotatable bonds is 4. The average Bonchev–Trinajstić information content (AvgIpc) is 2.98. The Kier molecular flexibility index (Phi) is 3.65. The summed E-state index contributed by atoms with van der Waals surface area (Å²) in [4.78, 5) is 28.7. The largest absolute Gasteiger partial charge is 0.491 e. The van der Waals surface area contributed by atoms with Crippen LogP contribution in [-0.4, -0.2) is 46.2 Å². The summed E-state index contributed by atoms with van der Waals surface area (Å²) in [6.45, 7) is 2.54. The Hall–Kier alpha value is -3.17. The summed E-state index contributed by atoms with van der Waals surface area (Å²) in [6.07, 6.45) is -0.174. The zero-order valence-electron chi connectivity index (χ0n) is 15.5. The molecule has 2 aromatic rings. The maximum absolute atomic E-state index is 13.7. The summed E-state index contributed by atoms with van der Waals surface area (Å²) in [7, 11) is 0. The van der Waals surface area contributed by atoms with Crippen LogP contribution in [0.1, 0.15) is 12.5 Å². The van der Waals surface area contributed by atoms with E-state index in [4.69, 9.17) is 15.2 Å². The molecule has 2 N–H and O–H groups in total. The summed E-state index contributed by atoms with van der Waals surface area (Å²) in [6, 6.07) is 4.18. The normalized spacial score (nSPS) is 24.5. The van der Waals surface area contributed by atoms with E-state index in [0.717, 1.165) is 10.5 Å². The molecule has 0 unspecified atom stereocenters. The molecule has 1 aromatic heterocycles. The Morgan fingerprint density at radius 2 is 2.24 bits per heavy atom. The Morgan fingerprint density at radius 3 is 2.97 bits per heavy atom. The lowest BCUT2D eigenvalue weighted by Gasteiger charge is -2.15. The zero-order valence-corrected chi connectivity index (χ0v) is 15.5. The second-order valence-corrected chi connectivity index (χ2v) is 7.60. The maximum Gasteiger partial charge on any atom is 0.416 e. The number of carbonyl (C=O) groups is 2. The van der Waals surface area contributed by atoms with Gasteiger partial charge in [-0.3, -0.25) is 4.79 Å². The number of hydrogen-bond donors (Lipinski definition) is 1. The van der Waals surface area contributed by atoms with E-state index in [9.17, 15) is 18.4 Å². The first-order valence-electron chi connectivity index (χ1n) is 9.27. The Morgan fingerprint density at radius 1 is 1.45 bits per heavy atom. The van der Waals surface area contributed by atoms with E-state index in [1.54, 1.807) is 17.7 Å². The third-order valence-corrected chi connectivity index (χ3v) is 5.57. The standard InChI is InChI=1S/C19H18F2N4O4/c1-9(16(22)26)6-10-2-3-11-12(7-10)28-5-4-24-8-13(23-17(11)24)25-14-15(19(14,20)21)29-18(25)27/h2-3,7-9,14-15H,4-6H2,1H3,(H2,22,26)/t9-,14+,15-/m1/s1. The molecule has 29 heavy (non-hydrogen) atoms. The van der Waals surface area contributed by atoms with Crippen LogP contribution in [0.3, 0.4) is 0 Å². The van der Waals surface area contributed by atoms with Crippen LogP contribution in [0.4, 0.5) is 19.4 Å². The number of fused-ring (bicyclic) bond motifs is 4. The van der Waals surface area contributed by atoms with Gasteiger partial charge < -0.3 is 19.8 Å². The third-order valence-electron chi connectivity index (χ3n) is 5.57. The minimum absolute atomic E-state index is 0.133. The summed E-state index contributed by atoms with van der Waals surface area (Å²) >= 11 is 0. The summed E-state index contributed by atoms with van der Waals surface area (Å²) in [5.41, 5.74) is 6.90. The maximum atomic E-state index is 13.7. The lowest BCUT2D eigenvalue weighted by Crippen LogP contribution is -2.33. The lowest BCUT2D eigenvalue weighted by molar-refractivity contribution is -0.121. The smallest absolute Gasteiger partial charge is 0.416 e. The third kappa shape index (κ3) is 2.65. The SMILES string of the molecule is C[C@H](Cc1ccc2c(c1)OCCn1cc(N3C(=O)O[C@@H]4[C@H]3C4(F)F)nc1-2)C(N)=O. The van der Waals surface area contributed by atoms with Gasteiger partial charge in [-0.1, -0.05) is 13.0 Å². The first-order chi connectivity index (χ1) is 13.8. The Balaban J connectivity index is 1.49. The molecule has 3 atom stereocenters. The van der Waals surface area contributed by atoms with E-state index in [0.29, 0.717) is 36.7 Å². The van der Waals surface area contributed by atoms with Crippen LogP contribution in [0.2, 0.25) is 0 Å². The van der Waals surface area contributed by atoms with Crippen LogP contribution in [-0.2, 0) is 22.5 Å². The molecule has 0 spiro atoms. The quantitative estimate of drug-likeness (QED) is 0.840. The van der Waals surface area contributed by atoms with Crippen molar-refractivity contribution in [2.45, 2.75) is 38.0 Å². The summed E-state index contributed by atoms with van der Waals surface area (Å²) < 4.78 is 39.8. The number of amides is 2. The molecule has 2 amide bonds. The number of ether oxygens (including phenoxy) is 2. The fourth-order valence-electron chi connectivity index (χ4n) is 3.86. The van der Waals surface area contributed by atoms with Gasteiger partial charge in [-0.25, -0.2) is 14.7 Å². The van der Waals surface area contributed by atoms with Gasteiger partial charge in [-0.2, -0.15) is 8.78 Å². The number of hydrogen-bond acceptors (Lipinski definition) is 5. The van der Waals surface area contributed by atoms with Crippen molar-refractivity contribution in [3.8, 4) is 17.1 Å². The number of benzene rings is 1. The predicted molar refractivity (Wildman–Crippen MR) is 96.7 cm³/mol. The molecule has 2 fully saturated rings.